The number of aryl methyl sites for hydroxylation is 1. The molecule has 2 aromatic carbocycles. The molecule has 0 aliphatic rings. The van der Waals surface area contributed by atoms with Gasteiger partial charge in [0.15, 0.2) is 5.76 Å². The number of methoxy groups -OCH3 is 1. The number of hydrogen-bond donors (Lipinski definition) is 1. The van der Waals surface area contributed by atoms with Gasteiger partial charge in [0.1, 0.15) is 5.58 Å². The largest absolute Gasteiger partial charge is 0.451 e. The van der Waals surface area contributed by atoms with Crippen LogP contribution in [0.1, 0.15) is 57.9 Å². The standard InChI is InChI=1S/C26H27NO3S/c1-3-4-8-18-12-14-19(15-13-18)24(23-11-7-16-31-23)27-26(28)25-21(17-29-2)20-9-5-6-10-22(20)30-25/h5-7,9-16,24H,3-4,8,17H2,1-2H3,(H,27,28). The van der Waals surface area contributed by atoms with Crippen molar-refractivity contribution < 1.29 is 13.9 Å². The first-order valence-electron chi connectivity index (χ1n) is 10.6. The lowest BCUT2D eigenvalue weighted by atomic mass is 10.0. The number of carbonyl (C=O) groups excluding carboxylic acids is 1. The second-order valence-corrected chi connectivity index (χ2v) is 8.59. The smallest absolute Gasteiger partial charge is 0.288 e. The van der Waals surface area contributed by atoms with Crippen molar-refractivity contribution in [2.75, 3.05) is 7.11 Å². The van der Waals surface area contributed by atoms with Crippen molar-refractivity contribution in [2.24, 2.45) is 0 Å². The molecule has 4 nitrogen and oxygen atoms in total. The van der Waals surface area contributed by atoms with Crippen molar-refractivity contribution in [3.63, 3.8) is 0 Å². The summed E-state index contributed by atoms with van der Waals surface area (Å²) in [6, 6.07) is 20.0. The van der Waals surface area contributed by atoms with Gasteiger partial charge in [-0.2, -0.15) is 0 Å². The number of hydrogen-bond acceptors (Lipinski definition) is 4. The zero-order chi connectivity index (χ0) is 21.6. The van der Waals surface area contributed by atoms with Crippen molar-refractivity contribution >= 4 is 28.2 Å². The molecule has 1 amide bonds. The number of rotatable bonds is 9. The third-order valence-corrected chi connectivity index (χ3v) is 6.37. The fourth-order valence-electron chi connectivity index (χ4n) is 3.80. The first-order chi connectivity index (χ1) is 15.2. The van der Waals surface area contributed by atoms with Crippen molar-refractivity contribution in [1.82, 2.24) is 5.32 Å². The quantitative estimate of drug-likeness (QED) is 0.328. The fraction of sp³-hybridized carbons (Fsp3) is 0.269. The van der Waals surface area contributed by atoms with Crippen LogP contribution in [0.5, 0.6) is 0 Å². The van der Waals surface area contributed by atoms with Crippen LogP contribution in [0.3, 0.4) is 0 Å². The van der Waals surface area contributed by atoms with Crippen LogP contribution in [0.15, 0.2) is 70.5 Å². The van der Waals surface area contributed by atoms with Gasteiger partial charge in [-0.25, -0.2) is 0 Å². The summed E-state index contributed by atoms with van der Waals surface area (Å²) >= 11 is 1.63. The Morgan fingerprint density at radius 3 is 2.61 bits per heavy atom. The second-order valence-electron chi connectivity index (χ2n) is 7.61. The molecule has 1 unspecified atom stereocenters. The molecule has 0 radical (unpaired) electrons. The Labute approximate surface area is 186 Å². The number of ether oxygens (including phenoxy) is 1. The Kier molecular flexibility index (Phi) is 6.85. The van der Waals surface area contributed by atoms with Gasteiger partial charge in [-0.15, -0.1) is 11.3 Å². The molecule has 0 bridgehead atoms. The van der Waals surface area contributed by atoms with E-state index in [-0.39, 0.29) is 11.9 Å². The van der Waals surface area contributed by atoms with Gasteiger partial charge in [-0.05, 0) is 41.5 Å². The van der Waals surface area contributed by atoms with E-state index in [2.05, 4.69) is 42.6 Å². The van der Waals surface area contributed by atoms with Crippen molar-refractivity contribution in [2.45, 2.75) is 38.8 Å². The minimum Gasteiger partial charge on any atom is -0.451 e. The summed E-state index contributed by atoms with van der Waals surface area (Å²) in [4.78, 5) is 14.4. The molecule has 160 valence electrons. The number of thiophene rings is 1. The average molecular weight is 434 g/mol. The Balaban J connectivity index is 1.64. The molecule has 0 fully saturated rings. The van der Waals surface area contributed by atoms with Crippen molar-refractivity contribution in [3.8, 4) is 0 Å². The second kappa shape index (κ2) is 9.94. The van der Waals surface area contributed by atoms with Gasteiger partial charge in [0.2, 0.25) is 0 Å². The van der Waals surface area contributed by atoms with Crippen LogP contribution < -0.4 is 5.32 Å². The molecule has 0 aliphatic heterocycles. The highest BCUT2D eigenvalue weighted by Gasteiger charge is 2.25. The number of carbonyl (C=O) groups is 1. The predicted octanol–water partition coefficient (Wildman–Crippen LogP) is 6.50. The third kappa shape index (κ3) is 4.73. The van der Waals surface area contributed by atoms with Gasteiger partial charge in [0.25, 0.3) is 5.91 Å². The SMILES string of the molecule is CCCCc1ccc(C(NC(=O)c2oc3ccccc3c2COC)c2cccs2)cc1. The number of fused-ring (bicyclic) bond motifs is 1. The number of benzene rings is 2. The summed E-state index contributed by atoms with van der Waals surface area (Å²) in [6.07, 6.45) is 3.43. The number of para-hydroxylation sites is 1. The van der Waals surface area contributed by atoms with Crippen LogP contribution in [0.25, 0.3) is 11.0 Å². The average Bonchev–Trinajstić information content (AvgIpc) is 3.45. The lowest BCUT2D eigenvalue weighted by molar-refractivity contribution is 0.0911. The number of amides is 1. The lowest BCUT2D eigenvalue weighted by Gasteiger charge is -2.18. The molecule has 1 atom stereocenters. The highest BCUT2D eigenvalue weighted by molar-refractivity contribution is 7.10. The molecular formula is C26H27NO3S. The molecule has 4 aromatic rings. The Bertz CT molecular complexity index is 1130. The molecule has 0 saturated carbocycles. The minimum absolute atomic E-state index is 0.239. The highest BCUT2D eigenvalue weighted by Crippen LogP contribution is 2.30. The maximum atomic E-state index is 13.3. The molecule has 1 N–H and O–H groups in total. The van der Waals surface area contributed by atoms with E-state index in [1.165, 1.54) is 18.4 Å². The summed E-state index contributed by atoms with van der Waals surface area (Å²) in [5.41, 5.74) is 3.84. The molecule has 0 aliphatic carbocycles. The van der Waals surface area contributed by atoms with E-state index in [1.54, 1.807) is 18.4 Å². The van der Waals surface area contributed by atoms with E-state index >= 15 is 0 Å². The monoisotopic (exact) mass is 433 g/mol. The molecule has 2 heterocycles. The van der Waals surface area contributed by atoms with E-state index < -0.39 is 0 Å². The van der Waals surface area contributed by atoms with E-state index in [9.17, 15) is 4.79 Å². The minimum atomic E-state index is -0.240. The van der Waals surface area contributed by atoms with Gasteiger partial charge in [0.05, 0.1) is 12.6 Å². The highest BCUT2D eigenvalue weighted by atomic mass is 32.1. The molecule has 31 heavy (non-hydrogen) atoms. The van der Waals surface area contributed by atoms with Gasteiger partial charge in [-0.3, -0.25) is 4.79 Å². The summed E-state index contributed by atoms with van der Waals surface area (Å²) in [7, 11) is 1.62. The molecular weight excluding hydrogens is 406 g/mol. The first-order valence-corrected chi connectivity index (χ1v) is 11.5. The van der Waals surface area contributed by atoms with Crippen molar-refractivity contribution in [1.29, 1.82) is 0 Å². The van der Waals surface area contributed by atoms with E-state index in [4.69, 9.17) is 9.15 Å². The van der Waals surface area contributed by atoms with E-state index in [0.29, 0.717) is 18.0 Å². The Hall–Kier alpha value is -2.89. The number of nitrogens with one attached hydrogen (secondary N) is 1. The Morgan fingerprint density at radius 1 is 1.10 bits per heavy atom. The molecule has 0 saturated heterocycles. The van der Waals surface area contributed by atoms with Crippen LogP contribution in [0.2, 0.25) is 0 Å². The van der Waals surface area contributed by atoms with E-state index in [1.807, 2.05) is 35.7 Å². The maximum absolute atomic E-state index is 13.3. The fourth-order valence-corrected chi connectivity index (χ4v) is 4.60. The number of unbranched alkanes of at least 4 members (excludes halogenated alkanes) is 1. The van der Waals surface area contributed by atoms with Gasteiger partial charge < -0.3 is 14.5 Å². The first kappa shape index (κ1) is 21.3. The topological polar surface area (TPSA) is 51.5 Å². The predicted molar refractivity (Wildman–Crippen MR) is 126 cm³/mol. The maximum Gasteiger partial charge on any atom is 0.288 e. The van der Waals surface area contributed by atoms with Crippen LogP contribution in [-0.4, -0.2) is 13.0 Å². The molecule has 2 aromatic heterocycles. The Morgan fingerprint density at radius 2 is 1.90 bits per heavy atom. The van der Waals surface area contributed by atoms with Gasteiger partial charge in [-0.1, -0.05) is 61.9 Å². The summed E-state index contributed by atoms with van der Waals surface area (Å²) < 4.78 is 11.3. The molecule has 0 spiro atoms. The summed E-state index contributed by atoms with van der Waals surface area (Å²) in [5, 5.41) is 6.13. The molecule has 4 rings (SSSR count). The molecule has 5 heteroatoms. The van der Waals surface area contributed by atoms with Gasteiger partial charge in [0, 0.05) is 22.9 Å². The van der Waals surface area contributed by atoms with Crippen LogP contribution in [-0.2, 0) is 17.8 Å². The summed E-state index contributed by atoms with van der Waals surface area (Å²) in [5.74, 6) is 0.0703. The van der Waals surface area contributed by atoms with Crippen LogP contribution >= 0.6 is 11.3 Å². The third-order valence-electron chi connectivity index (χ3n) is 5.43. The van der Waals surface area contributed by atoms with Gasteiger partial charge >= 0.3 is 0 Å². The normalized spacial score (nSPS) is 12.2. The number of furan rings is 1. The van der Waals surface area contributed by atoms with Crippen molar-refractivity contribution in [3.05, 3.63) is 93.4 Å². The van der Waals surface area contributed by atoms with E-state index in [0.717, 1.165) is 27.8 Å². The van der Waals surface area contributed by atoms with Crippen LogP contribution in [0.4, 0.5) is 0 Å². The summed E-state index contributed by atoms with van der Waals surface area (Å²) in [6.45, 7) is 2.52. The lowest BCUT2D eigenvalue weighted by Crippen LogP contribution is -2.29. The zero-order valence-corrected chi connectivity index (χ0v) is 18.7. The van der Waals surface area contributed by atoms with Crippen LogP contribution in [0, 0.1) is 0 Å². The zero-order valence-electron chi connectivity index (χ0n) is 17.9.